The van der Waals surface area contributed by atoms with Crippen LogP contribution in [0.5, 0.6) is 5.75 Å². The molecular weight excluding hydrogens is 553 g/mol. The summed E-state index contributed by atoms with van der Waals surface area (Å²) in [6.45, 7) is 7.02. The summed E-state index contributed by atoms with van der Waals surface area (Å²) >= 11 is 2.25. The molecule has 0 saturated heterocycles. The van der Waals surface area contributed by atoms with Gasteiger partial charge < -0.3 is 9.15 Å². The van der Waals surface area contributed by atoms with Gasteiger partial charge in [-0.25, -0.2) is 4.98 Å². The first-order valence-corrected chi connectivity index (χ1v) is 12.3. The zero-order chi connectivity index (χ0) is 24.6. The molecule has 0 fully saturated rings. The topological polar surface area (TPSA) is 69.6 Å². The number of para-hydroxylation sites is 2. The van der Waals surface area contributed by atoms with Crippen molar-refractivity contribution in [3.8, 4) is 17.3 Å². The molecule has 0 amide bonds. The van der Waals surface area contributed by atoms with Gasteiger partial charge in [0.25, 0.3) is 5.56 Å². The van der Waals surface area contributed by atoms with Crippen LogP contribution in [0.2, 0.25) is 0 Å². The molecule has 0 radical (unpaired) electrons. The van der Waals surface area contributed by atoms with Crippen LogP contribution in [-0.4, -0.2) is 22.5 Å². The third-order valence-corrected chi connectivity index (χ3v) is 6.18. The number of hydrogen-bond donors (Lipinski definition) is 0. The lowest BCUT2D eigenvalue weighted by Crippen LogP contribution is -2.20. The molecule has 0 aliphatic carbocycles. The average Bonchev–Trinajstić information content (AvgIpc) is 3.26. The van der Waals surface area contributed by atoms with E-state index in [9.17, 15) is 4.79 Å². The number of rotatable bonds is 5. The van der Waals surface area contributed by atoms with E-state index in [-0.39, 0.29) is 11.0 Å². The minimum absolute atomic E-state index is 0.0700. The fourth-order valence-electron chi connectivity index (χ4n) is 3.62. The van der Waals surface area contributed by atoms with Crippen LogP contribution in [0.1, 0.15) is 26.3 Å². The zero-order valence-electron chi connectivity index (χ0n) is 19.7. The highest BCUT2D eigenvalue weighted by atomic mass is 127. The third kappa shape index (κ3) is 5.00. The van der Waals surface area contributed by atoms with Crippen LogP contribution < -0.4 is 10.3 Å². The van der Waals surface area contributed by atoms with Gasteiger partial charge in [0.1, 0.15) is 11.3 Å². The van der Waals surface area contributed by atoms with Crippen LogP contribution in [-0.2, 0) is 0 Å². The van der Waals surface area contributed by atoms with Crippen molar-refractivity contribution in [3.63, 3.8) is 0 Å². The van der Waals surface area contributed by atoms with Gasteiger partial charge in [0, 0.05) is 5.39 Å². The van der Waals surface area contributed by atoms with Crippen molar-refractivity contribution in [2.75, 3.05) is 6.61 Å². The third-order valence-electron chi connectivity index (χ3n) is 5.34. The molecule has 7 heteroatoms. The second-order valence-electron chi connectivity index (χ2n) is 9.50. The number of benzene rings is 3. The highest BCUT2D eigenvalue weighted by Gasteiger charge is 2.16. The SMILES string of the molecule is CC(C)(C)COc1ccc(C=Nn2c(-c3cc4ccccc4o3)nc3ccccc3c2=O)cc1I. The Hall–Kier alpha value is -3.46. The minimum atomic E-state index is -0.262. The van der Waals surface area contributed by atoms with Crippen LogP contribution >= 0.6 is 22.6 Å². The Morgan fingerprint density at radius 1 is 1.06 bits per heavy atom. The van der Waals surface area contributed by atoms with E-state index in [0.717, 1.165) is 25.9 Å². The summed E-state index contributed by atoms with van der Waals surface area (Å²) in [5, 5.41) is 5.96. The molecule has 0 aliphatic rings. The molecule has 176 valence electrons. The number of fused-ring (bicyclic) bond motifs is 2. The molecule has 0 saturated carbocycles. The van der Waals surface area contributed by atoms with Gasteiger partial charge in [0.05, 0.1) is 27.3 Å². The summed E-state index contributed by atoms with van der Waals surface area (Å²) in [7, 11) is 0. The zero-order valence-corrected chi connectivity index (χ0v) is 21.8. The van der Waals surface area contributed by atoms with E-state index in [1.54, 1.807) is 12.3 Å². The maximum Gasteiger partial charge on any atom is 0.282 e. The fraction of sp³-hybridized carbons (Fsp3) is 0.179. The maximum absolute atomic E-state index is 13.4. The first-order valence-electron chi connectivity index (χ1n) is 11.3. The smallest absolute Gasteiger partial charge is 0.282 e. The number of aromatic nitrogens is 2. The van der Waals surface area contributed by atoms with E-state index in [1.807, 2.05) is 66.7 Å². The van der Waals surface area contributed by atoms with E-state index in [2.05, 4.69) is 48.5 Å². The number of nitrogens with zero attached hydrogens (tertiary/aromatic N) is 3. The quantitative estimate of drug-likeness (QED) is 0.172. The lowest BCUT2D eigenvalue weighted by molar-refractivity contribution is 0.196. The molecule has 6 nitrogen and oxygen atoms in total. The summed E-state index contributed by atoms with van der Waals surface area (Å²) in [6, 6.07) is 22.6. The Kier molecular flexibility index (Phi) is 6.19. The summed E-state index contributed by atoms with van der Waals surface area (Å²) in [5.74, 6) is 1.65. The van der Waals surface area contributed by atoms with Crippen LogP contribution in [0.4, 0.5) is 0 Å². The predicted molar refractivity (Wildman–Crippen MR) is 148 cm³/mol. The maximum atomic E-state index is 13.4. The summed E-state index contributed by atoms with van der Waals surface area (Å²) in [5.41, 5.74) is 1.96. The largest absolute Gasteiger partial charge is 0.492 e. The molecule has 0 spiro atoms. The van der Waals surface area contributed by atoms with Crippen molar-refractivity contribution in [2.24, 2.45) is 10.5 Å². The summed E-state index contributed by atoms with van der Waals surface area (Å²) < 4.78 is 14.3. The van der Waals surface area contributed by atoms with Crippen LogP contribution in [0.3, 0.4) is 0 Å². The number of furan rings is 1. The van der Waals surface area contributed by atoms with Gasteiger partial charge in [0.2, 0.25) is 5.82 Å². The van der Waals surface area contributed by atoms with Gasteiger partial charge in [-0.2, -0.15) is 9.78 Å². The molecule has 0 bridgehead atoms. The van der Waals surface area contributed by atoms with Crippen molar-refractivity contribution >= 4 is 50.7 Å². The second-order valence-corrected chi connectivity index (χ2v) is 10.7. The summed E-state index contributed by atoms with van der Waals surface area (Å²) in [6.07, 6.45) is 1.65. The highest BCUT2D eigenvalue weighted by molar-refractivity contribution is 14.1. The van der Waals surface area contributed by atoms with Gasteiger partial charge >= 0.3 is 0 Å². The Labute approximate surface area is 216 Å². The Morgan fingerprint density at radius 2 is 1.83 bits per heavy atom. The van der Waals surface area contributed by atoms with Crippen molar-refractivity contribution in [1.29, 1.82) is 0 Å². The lowest BCUT2D eigenvalue weighted by Gasteiger charge is -2.19. The molecule has 0 unspecified atom stereocenters. The Morgan fingerprint density at radius 3 is 2.60 bits per heavy atom. The van der Waals surface area contributed by atoms with Gasteiger partial charge in [-0.1, -0.05) is 51.1 Å². The van der Waals surface area contributed by atoms with Crippen LogP contribution in [0.25, 0.3) is 33.5 Å². The van der Waals surface area contributed by atoms with Crippen molar-refractivity contribution in [3.05, 3.63) is 92.3 Å². The molecular formula is C28H24IN3O3. The van der Waals surface area contributed by atoms with E-state index < -0.39 is 0 Å². The normalized spacial score (nSPS) is 12.1. The highest BCUT2D eigenvalue weighted by Crippen LogP contribution is 2.27. The van der Waals surface area contributed by atoms with Crippen molar-refractivity contribution in [2.45, 2.75) is 20.8 Å². The van der Waals surface area contributed by atoms with Crippen LogP contribution in [0.15, 0.2) is 87.1 Å². The standard InChI is InChI=1S/C28H24IN3O3/c1-28(2,3)17-34-24-13-12-18(14-21(24)29)16-30-32-26(25-15-19-8-4-7-11-23(19)35-25)31-22-10-6-5-9-20(22)27(32)33/h4-16H,17H2,1-3H3. The van der Waals surface area contributed by atoms with Gasteiger partial charge in [0.15, 0.2) is 5.76 Å². The lowest BCUT2D eigenvalue weighted by atomic mass is 9.99. The molecule has 0 atom stereocenters. The Bertz CT molecular complexity index is 1590. The second kappa shape index (κ2) is 9.30. The van der Waals surface area contributed by atoms with E-state index in [0.29, 0.717) is 29.1 Å². The van der Waals surface area contributed by atoms with Gasteiger partial charge in [-0.3, -0.25) is 4.79 Å². The predicted octanol–water partition coefficient (Wildman–Crippen LogP) is 6.72. The minimum Gasteiger partial charge on any atom is -0.492 e. The number of ether oxygens (including phenoxy) is 1. The molecule has 2 aromatic heterocycles. The number of hydrogen-bond acceptors (Lipinski definition) is 5. The number of halogens is 1. The molecule has 5 aromatic rings. The average molecular weight is 577 g/mol. The molecule has 0 aliphatic heterocycles. The van der Waals surface area contributed by atoms with E-state index >= 15 is 0 Å². The molecule has 5 rings (SSSR count). The van der Waals surface area contributed by atoms with Gasteiger partial charge in [-0.05, 0) is 76.0 Å². The monoisotopic (exact) mass is 577 g/mol. The van der Waals surface area contributed by atoms with Crippen molar-refractivity contribution < 1.29 is 9.15 Å². The van der Waals surface area contributed by atoms with Crippen LogP contribution in [0, 0.1) is 8.99 Å². The first kappa shape index (κ1) is 23.3. The molecule has 0 N–H and O–H groups in total. The molecule has 2 heterocycles. The van der Waals surface area contributed by atoms with Crippen molar-refractivity contribution in [1.82, 2.24) is 9.66 Å². The fourth-order valence-corrected chi connectivity index (χ4v) is 4.31. The van der Waals surface area contributed by atoms with E-state index in [4.69, 9.17) is 14.1 Å². The van der Waals surface area contributed by atoms with Gasteiger partial charge in [-0.15, -0.1) is 0 Å². The Balaban J connectivity index is 1.57. The first-order chi connectivity index (χ1) is 16.8. The summed E-state index contributed by atoms with van der Waals surface area (Å²) in [4.78, 5) is 18.1. The van der Waals surface area contributed by atoms with E-state index in [1.165, 1.54) is 4.68 Å². The molecule has 35 heavy (non-hydrogen) atoms. The molecule has 3 aromatic carbocycles.